The fraction of sp³-hybridized carbons (Fsp3) is 0.344. The molecule has 11 nitrogen and oxygen atoms in total. The number of carbonyl (C=O) groups is 1. The number of nitrogens with one attached hydrogen (secondary N) is 1. The second-order valence-electron chi connectivity index (χ2n) is 10.8. The molecule has 0 aliphatic carbocycles. The number of para-hydroxylation sites is 1. The molecule has 0 saturated carbocycles. The Bertz CT molecular complexity index is 1840. The largest absolute Gasteiger partial charge is 0.462 e. The van der Waals surface area contributed by atoms with Crippen molar-refractivity contribution in [1.82, 2.24) is 19.6 Å². The Morgan fingerprint density at radius 1 is 0.977 bits per heavy atom. The van der Waals surface area contributed by atoms with Crippen molar-refractivity contribution >= 4 is 52.2 Å². The lowest BCUT2D eigenvalue weighted by molar-refractivity contribution is -0.149. The standard InChI is InChI=1S/C32H38N5O6P/c1-6-40-19-28-35-29-30(25-15-9-10-16-26(25)34-31(29)33)37(28)18-21(4)42-44(39,36-22(5)32(38)41-20(2)3)43-27-17-11-13-23-12-7-8-14-24(23)27/h7-17,20-22H,6,18-19H2,1-5H3,(H2,33,34)(H,36,39)/t21-,22+,44-/m1/s1. The number of rotatable bonds is 13. The van der Waals surface area contributed by atoms with Gasteiger partial charge in [0.1, 0.15) is 29.7 Å². The number of esters is 1. The number of benzene rings is 3. The number of nitrogens with two attached hydrogens (primary N) is 1. The predicted molar refractivity (Wildman–Crippen MR) is 171 cm³/mol. The van der Waals surface area contributed by atoms with Gasteiger partial charge in [-0.3, -0.25) is 9.32 Å². The maximum atomic E-state index is 14.5. The summed E-state index contributed by atoms with van der Waals surface area (Å²) in [5.74, 6) is 0.694. The van der Waals surface area contributed by atoms with E-state index >= 15 is 0 Å². The average molecular weight is 620 g/mol. The highest BCUT2D eigenvalue weighted by molar-refractivity contribution is 7.52. The Kier molecular flexibility index (Phi) is 9.51. The molecule has 0 radical (unpaired) electrons. The predicted octanol–water partition coefficient (Wildman–Crippen LogP) is 6.38. The molecule has 3 aromatic carbocycles. The first-order chi connectivity index (χ1) is 21.1. The number of anilines is 1. The minimum atomic E-state index is -4.18. The van der Waals surface area contributed by atoms with Crippen LogP contribution in [0.5, 0.6) is 5.75 Å². The summed E-state index contributed by atoms with van der Waals surface area (Å²) in [6.07, 6.45) is -1.04. The van der Waals surface area contributed by atoms with Crippen LogP contribution in [-0.2, 0) is 36.5 Å². The Labute approximate surface area is 256 Å². The Morgan fingerprint density at radius 2 is 1.68 bits per heavy atom. The number of nitrogens with zero attached hydrogens (tertiary/aromatic N) is 3. The molecule has 3 N–H and O–H groups in total. The first kappa shape index (κ1) is 31.4. The van der Waals surface area contributed by atoms with Crippen LogP contribution < -0.4 is 15.3 Å². The van der Waals surface area contributed by atoms with Crippen LogP contribution in [0.15, 0.2) is 66.7 Å². The normalized spacial score (nSPS) is 14.6. The lowest BCUT2D eigenvalue weighted by atomic mass is 10.1. The molecule has 2 heterocycles. The highest BCUT2D eigenvalue weighted by atomic mass is 31.2. The van der Waals surface area contributed by atoms with E-state index in [-0.39, 0.29) is 19.3 Å². The third-order valence-electron chi connectivity index (χ3n) is 6.91. The molecule has 232 valence electrons. The van der Waals surface area contributed by atoms with Crippen LogP contribution >= 0.6 is 7.75 Å². The average Bonchev–Trinajstić information content (AvgIpc) is 3.34. The molecule has 0 aliphatic rings. The summed E-state index contributed by atoms with van der Waals surface area (Å²) >= 11 is 0. The second kappa shape index (κ2) is 13.3. The number of carbonyl (C=O) groups excluding carboxylic acids is 1. The van der Waals surface area contributed by atoms with E-state index in [2.05, 4.69) is 10.1 Å². The van der Waals surface area contributed by atoms with Gasteiger partial charge in [-0.05, 0) is 52.1 Å². The van der Waals surface area contributed by atoms with E-state index in [1.807, 2.05) is 72.2 Å². The quantitative estimate of drug-likeness (QED) is 0.113. The monoisotopic (exact) mass is 619 g/mol. The van der Waals surface area contributed by atoms with E-state index in [9.17, 15) is 9.36 Å². The summed E-state index contributed by atoms with van der Waals surface area (Å²) in [4.78, 5) is 22.0. The summed E-state index contributed by atoms with van der Waals surface area (Å²) in [7, 11) is -4.18. The van der Waals surface area contributed by atoms with Gasteiger partial charge in [0.2, 0.25) is 0 Å². The first-order valence-electron chi connectivity index (χ1n) is 14.6. The number of hydrogen-bond acceptors (Lipinski definition) is 9. The molecule has 0 fully saturated rings. The SMILES string of the molecule is CCOCc1nc2c(N)nc3ccccc3c2n1C[C@@H](C)O[P@](=O)(N[C@@H](C)C(=O)OC(C)C)Oc1cccc2ccccc12. The molecule has 5 aromatic rings. The van der Waals surface area contributed by atoms with Crippen LogP contribution in [0.2, 0.25) is 0 Å². The van der Waals surface area contributed by atoms with Crippen molar-refractivity contribution in [3.63, 3.8) is 0 Å². The third-order valence-corrected chi connectivity index (χ3v) is 8.69. The molecular formula is C32H38N5O6P. The van der Waals surface area contributed by atoms with E-state index < -0.39 is 25.9 Å². The fourth-order valence-corrected chi connectivity index (χ4v) is 6.73. The Hall–Kier alpha value is -4.02. The van der Waals surface area contributed by atoms with Crippen molar-refractivity contribution < 1.29 is 27.9 Å². The summed E-state index contributed by atoms with van der Waals surface area (Å²) in [6, 6.07) is 19.7. The smallest absolute Gasteiger partial charge is 0.459 e. The zero-order valence-corrected chi connectivity index (χ0v) is 26.4. The Morgan fingerprint density at radius 3 is 2.43 bits per heavy atom. The van der Waals surface area contributed by atoms with Crippen molar-refractivity contribution in [2.75, 3.05) is 12.3 Å². The minimum absolute atomic E-state index is 0.224. The van der Waals surface area contributed by atoms with Crippen molar-refractivity contribution in [3.05, 3.63) is 72.6 Å². The molecule has 0 unspecified atom stereocenters. The summed E-state index contributed by atoms with van der Waals surface area (Å²) < 4.78 is 39.9. The summed E-state index contributed by atoms with van der Waals surface area (Å²) in [5, 5.41) is 5.32. The summed E-state index contributed by atoms with van der Waals surface area (Å²) in [5.41, 5.74) is 8.37. The van der Waals surface area contributed by atoms with Crippen molar-refractivity contribution in [2.45, 2.75) is 66.0 Å². The molecule has 0 aliphatic heterocycles. The molecule has 0 saturated heterocycles. The van der Waals surface area contributed by atoms with Crippen LogP contribution in [0.4, 0.5) is 5.82 Å². The van der Waals surface area contributed by atoms with Crippen LogP contribution in [0.3, 0.4) is 0 Å². The van der Waals surface area contributed by atoms with Crippen molar-refractivity contribution in [2.24, 2.45) is 0 Å². The second-order valence-corrected chi connectivity index (χ2v) is 12.5. The van der Waals surface area contributed by atoms with E-state index in [0.717, 1.165) is 27.2 Å². The van der Waals surface area contributed by atoms with Gasteiger partial charge >= 0.3 is 13.7 Å². The molecule has 12 heteroatoms. The lowest BCUT2D eigenvalue weighted by Crippen LogP contribution is -2.37. The van der Waals surface area contributed by atoms with Gasteiger partial charge in [0, 0.05) is 17.4 Å². The zero-order chi connectivity index (χ0) is 31.4. The van der Waals surface area contributed by atoms with Crippen LogP contribution in [0.25, 0.3) is 32.7 Å². The molecule has 3 atom stereocenters. The molecule has 5 rings (SSSR count). The number of aromatic nitrogens is 3. The molecule has 2 aromatic heterocycles. The summed E-state index contributed by atoms with van der Waals surface area (Å²) in [6.45, 7) is 9.68. The number of fused-ring (bicyclic) bond motifs is 4. The molecule has 44 heavy (non-hydrogen) atoms. The van der Waals surface area contributed by atoms with Gasteiger partial charge < -0.3 is 24.3 Å². The fourth-order valence-electron chi connectivity index (χ4n) is 5.04. The van der Waals surface area contributed by atoms with E-state index in [0.29, 0.717) is 29.5 Å². The topological polar surface area (TPSA) is 140 Å². The van der Waals surface area contributed by atoms with Gasteiger partial charge in [0.25, 0.3) is 0 Å². The lowest BCUT2D eigenvalue weighted by Gasteiger charge is -2.27. The first-order valence-corrected chi connectivity index (χ1v) is 16.2. The minimum Gasteiger partial charge on any atom is -0.462 e. The van der Waals surface area contributed by atoms with Gasteiger partial charge in [0.05, 0.1) is 29.8 Å². The van der Waals surface area contributed by atoms with E-state index in [1.54, 1.807) is 33.8 Å². The van der Waals surface area contributed by atoms with Crippen LogP contribution in [0.1, 0.15) is 40.4 Å². The highest BCUT2D eigenvalue weighted by Gasteiger charge is 2.35. The van der Waals surface area contributed by atoms with Crippen molar-refractivity contribution in [3.8, 4) is 5.75 Å². The third kappa shape index (κ3) is 6.87. The van der Waals surface area contributed by atoms with Gasteiger partial charge in [-0.1, -0.05) is 54.6 Å². The maximum Gasteiger partial charge on any atom is 0.459 e. The zero-order valence-electron chi connectivity index (χ0n) is 25.5. The van der Waals surface area contributed by atoms with Gasteiger partial charge in [0.15, 0.2) is 5.82 Å². The Balaban J connectivity index is 1.52. The molecule has 0 amide bonds. The van der Waals surface area contributed by atoms with Gasteiger partial charge in [-0.15, -0.1) is 0 Å². The van der Waals surface area contributed by atoms with Gasteiger partial charge in [-0.25, -0.2) is 14.5 Å². The molecular weight excluding hydrogens is 581 g/mol. The number of nitrogen functional groups attached to an aromatic ring is 1. The van der Waals surface area contributed by atoms with E-state index in [1.165, 1.54) is 0 Å². The molecule has 0 spiro atoms. The number of imidazole rings is 1. The van der Waals surface area contributed by atoms with Crippen LogP contribution in [0, 0.1) is 0 Å². The highest BCUT2D eigenvalue weighted by Crippen LogP contribution is 2.48. The van der Waals surface area contributed by atoms with Gasteiger partial charge in [-0.2, -0.15) is 5.09 Å². The van der Waals surface area contributed by atoms with Crippen LogP contribution in [-0.4, -0.2) is 45.4 Å². The number of hydrogen-bond donors (Lipinski definition) is 2. The van der Waals surface area contributed by atoms with Crippen molar-refractivity contribution in [1.29, 1.82) is 0 Å². The number of pyridine rings is 1. The molecule has 0 bridgehead atoms. The maximum absolute atomic E-state index is 14.5. The number of ether oxygens (including phenoxy) is 2. The van der Waals surface area contributed by atoms with E-state index in [4.69, 9.17) is 29.2 Å².